The number of fused-ring (bicyclic) bond motifs is 1. The van der Waals surface area contributed by atoms with Gasteiger partial charge in [-0.15, -0.1) is 0 Å². The summed E-state index contributed by atoms with van der Waals surface area (Å²) in [4.78, 5) is 20.0. The summed E-state index contributed by atoms with van der Waals surface area (Å²) in [7, 11) is 0. The van der Waals surface area contributed by atoms with Gasteiger partial charge in [-0.1, -0.05) is 30.3 Å². The largest absolute Gasteiger partial charge is 0.386 e. The van der Waals surface area contributed by atoms with Gasteiger partial charge in [0.1, 0.15) is 6.20 Å². The Morgan fingerprint density at radius 1 is 1.18 bits per heavy atom. The van der Waals surface area contributed by atoms with Gasteiger partial charge in [0, 0.05) is 23.7 Å². The second-order valence-electron chi connectivity index (χ2n) is 7.42. The first-order valence-electron chi connectivity index (χ1n) is 9.21. The van der Waals surface area contributed by atoms with Gasteiger partial charge in [0.25, 0.3) is 5.91 Å². The van der Waals surface area contributed by atoms with E-state index in [4.69, 9.17) is 0 Å². The fourth-order valence-corrected chi connectivity index (χ4v) is 3.22. The highest BCUT2D eigenvalue weighted by Gasteiger charge is 2.30. The first-order valence-corrected chi connectivity index (χ1v) is 9.21. The summed E-state index contributed by atoms with van der Waals surface area (Å²) >= 11 is 0. The predicted octanol–water partition coefficient (Wildman–Crippen LogP) is 1.98. The standard InChI is InChI=1S/C22H22N4O2/c1-22(2,28)16-7-6-10-18(13-16)25-12-11-20-24-19(14-26(20)15-25)21(27)23-17-8-4-3-5-9-17/h3-14,28H,15H2,1-2H3,(H,23,27)/p+1. The van der Waals surface area contributed by atoms with Gasteiger partial charge < -0.3 is 10.4 Å². The van der Waals surface area contributed by atoms with Crippen molar-refractivity contribution in [1.29, 1.82) is 0 Å². The molecule has 0 saturated heterocycles. The molecule has 2 aromatic carbocycles. The van der Waals surface area contributed by atoms with E-state index in [0.717, 1.165) is 27.7 Å². The molecular weight excluding hydrogens is 352 g/mol. The minimum absolute atomic E-state index is 0.218. The number of aliphatic imine (C=N–C) groups is 1. The molecule has 0 aromatic heterocycles. The van der Waals surface area contributed by atoms with E-state index in [9.17, 15) is 9.90 Å². The molecule has 0 fully saturated rings. The topological polar surface area (TPSA) is 69.4 Å². The van der Waals surface area contributed by atoms with Crippen molar-refractivity contribution in [3.63, 3.8) is 0 Å². The maximum absolute atomic E-state index is 12.5. The molecule has 0 radical (unpaired) electrons. The van der Waals surface area contributed by atoms with Gasteiger partial charge in [-0.2, -0.15) is 4.99 Å². The van der Waals surface area contributed by atoms with Crippen LogP contribution in [0.1, 0.15) is 19.4 Å². The first kappa shape index (κ1) is 18.2. The lowest BCUT2D eigenvalue weighted by Crippen LogP contribution is -3.11. The first-order chi connectivity index (χ1) is 13.4. The molecule has 4 rings (SSSR count). The van der Waals surface area contributed by atoms with Crippen LogP contribution < -0.4 is 15.1 Å². The Hall–Kier alpha value is -3.22. The second kappa shape index (κ2) is 7.07. The Labute approximate surface area is 164 Å². The molecule has 142 valence electrons. The van der Waals surface area contributed by atoms with Crippen molar-refractivity contribution in [3.8, 4) is 0 Å². The fourth-order valence-electron chi connectivity index (χ4n) is 3.22. The van der Waals surface area contributed by atoms with E-state index in [2.05, 4.69) is 15.2 Å². The maximum atomic E-state index is 12.5. The summed E-state index contributed by atoms with van der Waals surface area (Å²) in [5.41, 5.74) is 2.09. The quantitative estimate of drug-likeness (QED) is 0.765. The Balaban J connectivity index is 1.50. The van der Waals surface area contributed by atoms with E-state index in [1.807, 2.05) is 73.1 Å². The third-order valence-corrected chi connectivity index (χ3v) is 4.78. The van der Waals surface area contributed by atoms with E-state index in [1.54, 1.807) is 13.8 Å². The van der Waals surface area contributed by atoms with E-state index in [-0.39, 0.29) is 5.91 Å². The molecule has 3 N–H and O–H groups in total. The smallest absolute Gasteiger partial charge is 0.280 e. The van der Waals surface area contributed by atoms with Crippen molar-refractivity contribution in [2.75, 3.05) is 16.9 Å². The second-order valence-corrected chi connectivity index (χ2v) is 7.42. The maximum Gasteiger partial charge on any atom is 0.280 e. The van der Waals surface area contributed by atoms with Crippen LogP contribution >= 0.6 is 0 Å². The van der Waals surface area contributed by atoms with Gasteiger partial charge in [0.15, 0.2) is 12.4 Å². The molecule has 0 saturated carbocycles. The summed E-state index contributed by atoms with van der Waals surface area (Å²) in [5, 5.41) is 13.1. The normalized spacial score (nSPS) is 18.4. The summed E-state index contributed by atoms with van der Waals surface area (Å²) < 4.78 is 0. The van der Waals surface area contributed by atoms with Crippen LogP contribution in [0, 0.1) is 0 Å². The van der Waals surface area contributed by atoms with Crippen molar-refractivity contribution in [2.24, 2.45) is 4.99 Å². The molecule has 0 bridgehead atoms. The lowest BCUT2D eigenvalue weighted by molar-refractivity contribution is -0.742. The van der Waals surface area contributed by atoms with Crippen molar-refractivity contribution < 1.29 is 14.8 Å². The Morgan fingerprint density at radius 3 is 2.71 bits per heavy atom. The van der Waals surface area contributed by atoms with Crippen molar-refractivity contribution in [3.05, 3.63) is 84.3 Å². The summed E-state index contributed by atoms with van der Waals surface area (Å²) in [6, 6.07) is 17.2. The summed E-state index contributed by atoms with van der Waals surface area (Å²) in [5.74, 6) is 0.595. The number of amides is 1. The number of anilines is 2. The molecule has 6 nitrogen and oxygen atoms in total. The molecule has 6 heteroatoms. The zero-order chi connectivity index (χ0) is 19.7. The molecule has 2 aliphatic heterocycles. The highest BCUT2D eigenvalue weighted by molar-refractivity contribution is 6.06. The minimum atomic E-state index is -0.898. The molecule has 2 heterocycles. The summed E-state index contributed by atoms with van der Waals surface area (Å²) in [6.45, 7) is 4.16. The average molecular weight is 375 g/mol. The lowest BCUT2D eigenvalue weighted by atomic mass is 9.98. The highest BCUT2D eigenvalue weighted by Crippen LogP contribution is 2.25. The number of quaternary nitrogens is 1. The monoisotopic (exact) mass is 375 g/mol. The minimum Gasteiger partial charge on any atom is -0.386 e. The number of carbonyl (C=O) groups excluding carboxylic acids is 1. The van der Waals surface area contributed by atoms with Crippen LogP contribution in [-0.2, 0) is 10.4 Å². The molecule has 2 aromatic rings. The summed E-state index contributed by atoms with van der Waals surface area (Å²) in [6.07, 6.45) is 5.70. The number of nitrogens with one attached hydrogen (secondary N) is 2. The van der Waals surface area contributed by atoms with Crippen LogP contribution in [0.2, 0.25) is 0 Å². The zero-order valence-corrected chi connectivity index (χ0v) is 15.9. The number of nitrogens with zero attached hydrogens (tertiary/aromatic N) is 2. The Morgan fingerprint density at radius 2 is 1.96 bits per heavy atom. The molecule has 2 aliphatic rings. The predicted molar refractivity (Wildman–Crippen MR) is 110 cm³/mol. The molecular formula is C22H23N4O2+. The molecule has 1 amide bonds. The van der Waals surface area contributed by atoms with Gasteiger partial charge in [0.05, 0.1) is 5.60 Å². The number of benzene rings is 2. The van der Waals surface area contributed by atoms with E-state index in [0.29, 0.717) is 12.4 Å². The van der Waals surface area contributed by atoms with Crippen molar-refractivity contribution in [2.45, 2.75) is 19.4 Å². The average Bonchev–Trinajstić information content (AvgIpc) is 3.12. The van der Waals surface area contributed by atoms with Crippen LogP contribution in [0.3, 0.4) is 0 Å². The number of para-hydroxylation sites is 1. The third kappa shape index (κ3) is 3.74. The molecule has 1 unspecified atom stereocenters. The van der Waals surface area contributed by atoms with Crippen LogP contribution in [0.4, 0.5) is 11.4 Å². The van der Waals surface area contributed by atoms with Gasteiger partial charge in [-0.25, -0.2) is 4.90 Å². The highest BCUT2D eigenvalue weighted by atomic mass is 16.3. The molecule has 0 aliphatic carbocycles. The van der Waals surface area contributed by atoms with Crippen molar-refractivity contribution in [1.82, 2.24) is 0 Å². The molecule has 28 heavy (non-hydrogen) atoms. The SMILES string of the molecule is CC(C)(O)c1cccc(N2C=CC3=NC(C(=O)Nc4ccccc4)=C[NH+]3C2)c1. The third-order valence-electron chi connectivity index (χ3n) is 4.78. The Bertz CT molecular complexity index is 987. The Kier molecular flexibility index (Phi) is 4.58. The van der Waals surface area contributed by atoms with Crippen LogP contribution in [0.15, 0.2) is 83.8 Å². The number of hydrogen-bond acceptors (Lipinski definition) is 4. The zero-order valence-electron chi connectivity index (χ0n) is 15.9. The van der Waals surface area contributed by atoms with Gasteiger partial charge in [-0.05, 0) is 43.7 Å². The van der Waals surface area contributed by atoms with E-state index in [1.165, 1.54) is 0 Å². The molecule has 0 spiro atoms. The fraction of sp³-hybridized carbons (Fsp3) is 0.182. The lowest BCUT2D eigenvalue weighted by Gasteiger charge is -2.27. The van der Waals surface area contributed by atoms with Crippen LogP contribution in [-0.4, -0.2) is 23.5 Å². The number of aliphatic hydroxyl groups is 1. The molecule has 1 atom stereocenters. The van der Waals surface area contributed by atoms with Gasteiger partial charge >= 0.3 is 0 Å². The van der Waals surface area contributed by atoms with Gasteiger partial charge in [-0.3, -0.25) is 9.69 Å². The number of rotatable bonds is 4. The van der Waals surface area contributed by atoms with E-state index < -0.39 is 5.60 Å². The van der Waals surface area contributed by atoms with E-state index >= 15 is 0 Å². The number of hydrogen-bond donors (Lipinski definition) is 3. The van der Waals surface area contributed by atoms with Crippen LogP contribution in [0.25, 0.3) is 0 Å². The van der Waals surface area contributed by atoms with Crippen molar-refractivity contribution >= 4 is 23.1 Å². The number of amidine groups is 1. The van der Waals surface area contributed by atoms with Crippen LogP contribution in [0.5, 0.6) is 0 Å². The van der Waals surface area contributed by atoms with Gasteiger partial charge in [0.2, 0.25) is 5.84 Å². The number of carbonyl (C=O) groups is 1.